The first kappa shape index (κ1) is 8.00. The van der Waals surface area contributed by atoms with E-state index in [4.69, 9.17) is 10.5 Å². The number of hydrogen-bond acceptors (Lipinski definition) is 5. The van der Waals surface area contributed by atoms with Crippen molar-refractivity contribution >= 4 is 12.2 Å². The fourth-order valence-corrected chi connectivity index (χ4v) is 0.828. The van der Waals surface area contributed by atoms with E-state index in [0.717, 1.165) is 0 Å². The van der Waals surface area contributed by atoms with Crippen molar-refractivity contribution in [3.63, 3.8) is 0 Å². The first-order valence-electron chi connectivity index (χ1n) is 3.46. The van der Waals surface area contributed by atoms with Crippen molar-refractivity contribution in [3.05, 3.63) is 0 Å². The maximum absolute atomic E-state index is 11.0. The zero-order chi connectivity index (χ0) is 8.27. The molecule has 0 aromatic heterocycles. The number of nitrogens with zero attached hydrogens (tertiary/aromatic N) is 1. The molecule has 0 amide bonds. The van der Waals surface area contributed by atoms with Gasteiger partial charge in [-0.15, -0.1) is 0 Å². The summed E-state index contributed by atoms with van der Waals surface area (Å²) in [5, 5.41) is 3.65. The van der Waals surface area contributed by atoms with Crippen molar-refractivity contribution in [1.29, 1.82) is 0 Å². The van der Waals surface area contributed by atoms with Gasteiger partial charge >= 0.3 is 5.97 Å². The molecule has 0 fully saturated rings. The summed E-state index contributed by atoms with van der Waals surface area (Å²) < 4.78 is 4.75. The smallest absolute Gasteiger partial charge is 0.318 e. The summed E-state index contributed by atoms with van der Waals surface area (Å²) in [5.74, 6) is -0.760. The number of hydrazone groups is 1. The molecule has 11 heavy (non-hydrogen) atoms. The molecule has 1 aliphatic rings. The van der Waals surface area contributed by atoms with Crippen LogP contribution in [0.3, 0.4) is 0 Å². The molecular formula is C6H11N3O2. The van der Waals surface area contributed by atoms with E-state index in [-0.39, 0.29) is 5.97 Å². The van der Waals surface area contributed by atoms with Gasteiger partial charge in [-0.25, -0.2) is 0 Å². The number of carbonyl (C=O) groups excluding carboxylic acids is 1. The van der Waals surface area contributed by atoms with E-state index < -0.39 is 12.1 Å². The molecule has 0 aromatic carbocycles. The fourth-order valence-electron chi connectivity index (χ4n) is 0.828. The number of ether oxygens (including phenoxy) is 1. The molecule has 0 aromatic rings. The highest BCUT2D eigenvalue weighted by Gasteiger charge is 2.28. The lowest BCUT2D eigenvalue weighted by molar-refractivity contribution is -0.145. The Hall–Kier alpha value is -1.10. The van der Waals surface area contributed by atoms with Crippen LogP contribution in [0.5, 0.6) is 0 Å². The van der Waals surface area contributed by atoms with Gasteiger partial charge in [0.2, 0.25) is 0 Å². The molecule has 0 spiro atoms. The van der Waals surface area contributed by atoms with Gasteiger partial charge in [0.25, 0.3) is 0 Å². The van der Waals surface area contributed by atoms with Crippen LogP contribution in [0.2, 0.25) is 0 Å². The Morgan fingerprint density at radius 1 is 1.91 bits per heavy atom. The Morgan fingerprint density at radius 3 is 3.09 bits per heavy atom. The monoisotopic (exact) mass is 157 g/mol. The minimum absolute atomic E-state index is 0.325. The molecule has 1 aliphatic heterocycles. The Bertz CT molecular complexity index is 181. The highest BCUT2D eigenvalue weighted by molar-refractivity contribution is 5.91. The van der Waals surface area contributed by atoms with Crippen LogP contribution < -0.4 is 11.2 Å². The molecule has 1 heterocycles. The van der Waals surface area contributed by atoms with Crippen molar-refractivity contribution < 1.29 is 9.53 Å². The highest BCUT2D eigenvalue weighted by Crippen LogP contribution is 2.04. The summed E-state index contributed by atoms with van der Waals surface area (Å²) in [6, 6.07) is 0. The molecule has 5 nitrogen and oxygen atoms in total. The van der Waals surface area contributed by atoms with Crippen LogP contribution in [-0.4, -0.2) is 25.0 Å². The van der Waals surface area contributed by atoms with E-state index in [2.05, 4.69) is 10.5 Å². The molecule has 0 saturated heterocycles. The lowest BCUT2D eigenvalue weighted by Gasteiger charge is -2.10. The average molecular weight is 157 g/mol. The number of nitrogens with one attached hydrogen (secondary N) is 1. The van der Waals surface area contributed by atoms with Crippen molar-refractivity contribution in [3.8, 4) is 0 Å². The quantitative estimate of drug-likeness (QED) is 0.506. The highest BCUT2D eigenvalue weighted by atomic mass is 16.5. The summed E-state index contributed by atoms with van der Waals surface area (Å²) in [5.41, 5.74) is 8.03. The van der Waals surface area contributed by atoms with Gasteiger partial charge in [-0.2, -0.15) is 5.10 Å². The maximum Gasteiger partial charge on any atom is 0.318 e. The molecular weight excluding hydrogens is 146 g/mol. The van der Waals surface area contributed by atoms with Gasteiger partial charge < -0.3 is 10.5 Å². The van der Waals surface area contributed by atoms with Gasteiger partial charge in [0.05, 0.1) is 6.61 Å². The van der Waals surface area contributed by atoms with Gasteiger partial charge in [-0.3, -0.25) is 10.2 Å². The van der Waals surface area contributed by atoms with E-state index in [1.54, 1.807) is 6.92 Å². The lowest BCUT2D eigenvalue weighted by Crippen LogP contribution is -2.41. The zero-order valence-electron chi connectivity index (χ0n) is 6.28. The van der Waals surface area contributed by atoms with Gasteiger partial charge in [-0.05, 0) is 6.92 Å². The summed E-state index contributed by atoms with van der Waals surface area (Å²) in [4.78, 5) is 11.0. The molecule has 0 radical (unpaired) electrons. The summed E-state index contributed by atoms with van der Waals surface area (Å²) in [7, 11) is 0. The standard InChI is InChI=1S/C6H11N3O2/c1-2-11-6(10)4-3-8-9-5(4)7/h3-5,9H,2,7H2,1H3. The van der Waals surface area contributed by atoms with Gasteiger partial charge in [0.1, 0.15) is 12.1 Å². The molecule has 1 rings (SSSR count). The normalized spacial score (nSPS) is 28.2. The molecule has 2 atom stereocenters. The van der Waals surface area contributed by atoms with Crippen molar-refractivity contribution in [2.24, 2.45) is 16.8 Å². The number of nitrogens with two attached hydrogens (primary N) is 1. The van der Waals surface area contributed by atoms with Crippen LogP contribution in [-0.2, 0) is 9.53 Å². The van der Waals surface area contributed by atoms with E-state index in [0.29, 0.717) is 6.61 Å². The number of hydrogen-bond donors (Lipinski definition) is 2. The fraction of sp³-hybridized carbons (Fsp3) is 0.667. The van der Waals surface area contributed by atoms with Crippen LogP contribution in [0.15, 0.2) is 5.10 Å². The largest absolute Gasteiger partial charge is 0.465 e. The Labute approximate surface area is 64.6 Å². The SMILES string of the molecule is CCOC(=O)C1C=NNC1N. The molecule has 3 N–H and O–H groups in total. The zero-order valence-corrected chi connectivity index (χ0v) is 6.28. The van der Waals surface area contributed by atoms with Crippen LogP contribution in [0.4, 0.5) is 0 Å². The topological polar surface area (TPSA) is 76.7 Å². The minimum Gasteiger partial charge on any atom is -0.465 e. The third-order valence-electron chi connectivity index (χ3n) is 1.40. The second-order valence-electron chi connectivity index (χ2n) is 2.21. The molecule has 0 aliphatic carbocycles. The summed E-state index contributed by atoms with van der Waals surface area (Å²) >= 11 is 0. The third-order valence-corrected chi connectivity index (χ3v) is 1.40. The molecule has 0 saturated carbocycles. The van der Waals surface area contributed by atoms with Crippen LogP contribution in [0, 0.1) is 5.92 Å². The van der Waals surface area contributed by atoms with Crippen LogP contribution in [0.25, 0.3) is 0 Å². The first-order chi connectivity index (χ1) is 5.25. The second kappa shape index (κ2) is 3.34. The van der Waals surface area contributed by atoms with Crippen molar-refractivity contribution in [2.45, 2.75) is 13.1 Å². The van der Waals surface area contributed by atoms with E-state index in [1.807, 2.05) is 0 Å². The van der Waals surface area contributed by atoms with E-state index in [9.17, 15) is 4.79 Å². The number of rotatable bonds is 2. The van der Waals surface area contributed by atoms with Crippen LogP contribution >= 0.6 is 0 Å². The predicted octanol–water partition coefficient (Wildman–Crippen LogP) is -0.960. The van der Waals surface area contributed by atoms with Crippen molar-refractivity contribution in [2.75, 3.05) is 6.61 Å². The predicted molar refractivity (Wildman–Crippen MR) is 39.7 cm³/mol. The molecule has 62 valence electrons. The van der Waals surface area contributed by atoms with Crippen molar-refractivity contribution in [1.82, 2.24) is 5.43 Å². The van der Waals surface area contributed by atoms with Gasteiger partial charge in [0.15, 0.2) is 0 Å². The summed E-state index contributed by atoms with van der Waals surface area (Å²) in [6.07, 6.45) is 1.02. The van der Waals surface area contributed by atoms with E-state index >= 15 is 0 Å². The maximum atomic E-state index is 11.0. The lowest BCUT2D eigenvalue weighted by atomic mass is 10.1. The molecule has 5 heteroatoms. The van der Waals surface area contributed by atoms with Gasteiger partial charge in [0, 0.05) is 6.21 Å². The Morgan fingerprint density at radius 2 is 2.64 bits per heavy atom. The third kappa shape index (κ3) is 1.68. The first-order valence-corrected chi connectivity index (χ1v) is 3.46. The Balaban J connectivity index is 2.46. The van der Waals surface area contributed by atoms with Gasteiger partial charge in [-0.1, -0.05) is 0 Å². The minimum atomic E-state index is -0.436. The van der Waals surface area contributed by atoms with Crippen LogP contribution in [0.1, 0.15) is 6.92 Å². The summed E-state index contributed by atoms with van der Waals surface area (Å²) in [6.45, 7) is 2.12. The van der Waals surface area contributed by atoms with E-state index in [1.165, 1.54) is 6.21 Å². The molecule has 0 bridgehead atoms. The average Bonchev–Trinajstić information content (AvgIpc) is 2.36. The number of carbonyl (C=O) groups is 1. The molecule has 2 unspecified atom stereocenters. The Kier molecular flexibility index (Phi) is 2.43. The second-order valence-corrected chi connectivity index (χ2v) is 2.21. The number of esters is 1.